The van der Waals surface area contributed by atoms with E-state index in [4.69, 9.17) is 0 Å². The minimum absolute atomic E-state index is 0.116. The van der Waals surface area contributed by atoms with Crippen LogP contribution in [0.2, 0.25) is 0 Å². The van der Waals surface area contributed by atoms with E-state index in [1.807, 2.05) is 0 Å². The number of aromatic nitrogens is 4. The maximum atomic E-state index is 12.5. The van der Waals surface area contributed by atoms with Crippen molar-refractivity contribution in [3.8, 4) is 0 Å². The number of hydrogen-bond donors (Lipinski definition) is 1. The van der Waals surface area contributed by atoms with Crippen LogP contribution in [0, 0.1) is 0 Å². The summed E-state index contributed by atoms with van der Waals surface area (Å²) in [7, 11) is 4.64. The lowest BCUT2D eigenvalue weighted by atomic mass is 10.1. The van der Waals surface area contributed by atoms with E-state index in [0.29, 0.717) is 21.9 Å². The lowest BCUT2D eigenvalue weighted by Gasteiger charge is -2.05. The van der Waals surface area contributed by atoms with Crippen molar-refractivity contribution in [2.24, 2.45) is 21.1 Å². The van der Waals surface area contributed by atoms with Gasteiger partial charge in [-0.2, -0.15) is 0 Å². The Bertz CT molecular complexity index is 1200. The molecule has 1 aromatic carbocycles. The molecule has 0 saturated carbocycles. The van der Waals surface area contributed by atoms with Crippen LogP contribution in [0.4, 0.5) is 5.69 Å². The summed E-state index contributed by atoms with van der Waals surface area (Å²) in [6.07, 6.45) is 0. The maximum Gasteiger partial charge on any atom is 0.332 e. The lowest BCUT2D eigenvalue weighted by molar-refractivity contribution is -0.114. The van der Waals surface area contributed by atoms with Gasteiger partial charge in [0.25, 0.3) is 5.56 Å². The van der Waals surface area contributed by atoms with Gasteiger partial charge in [0.2, 0.25) is 5.91 Å². The van der Waals surface area contributed by atoms with Crippen molar-refractivity contribution in [3.05, 3.63) is 50.7 Å². The van der Waals surface area contributed by atoms with Crippen LogP contribution in [0.1, 0.15) is 17.3 Å². The number of hydrogen-bond acceptors (Lipinski definition) is 6. The number of nitrogens with zero attached hydrogens (tertiary/aromatic N) is 4. The number of imidazole rings is 1. The number of thioether (sulfide) groups is 1. The number of anilines is 1. The van der Waals surface area contributed by atoms with Gasteiger partial charge < -0.3 is 9.88 Å². The molecule has 0 atom stereocenters. The minimum atomic E-state index is -0.456. The molecule has 146 valence electrons. The largest absolute Gasteiger partial charge is 0.332 e. The minimum Gasteiger partial charge on any atom is -0.326 e. The average Bonchev–Trinajstić information content (AvgIpc) is 2.99. The average molecular weight is 401 g/mol. The number of amides is 1. The van der Waals surface area contributed by atoms with Crippen LogP contribution in [0.5, 0.6) is 0 Å². The molecule has 9 nitrogen and oxygen atoms in total. The van der Waals surface area contributed by atoms with Gasteiger partial charge in [-0.15, -0.1) is 0 Å². The van der Waals surface area contributed by atoms with Gasteiger partial charge in [-0.25, -0.2) is 9.78 Å². The quantitative estimate of drug-likeness (QED) is 0.503. The fourth-order valence-electron chi connectivity index (χ4n) is 2.78. The van der Waals surface area contributed by atoms with Gasteiger partial charge >= 0.3 is 5.69 Å². The molecular weight excluding hydrogens is 382 g/mol. The van der Waals surface area contributed by atoms with Gasteiger partial charge in [0.1, 0.15) is 0 Å². The Morgan fingerprint density at radius 2 is 1.68 bits per heavy atom. The topological polar surface area (TPSA) is 108 Å². The summed E-state index contributed by atoms with van der Waals surface area (Å²) >= 11 is 1.19. The molecule has 1 amide bonds. The second-order valence-corrected chi connectivity index (χ2v) is 7.24. The van der Waals surface area contributed by atoms with Crippen molar-refractivity contribution in [2.45, 2.75) is 12.1 Å². The zero-order valence-electron chi connectivity index (χ0n) is 15.8. The van der Waals surface area contributed by atoms with Crippen LogP contribution in [0.25, 0.3) is 11.2 Å². The Morgan fingerprint density at radius 1 is 1.04 bits per heavy atom. The van der Waals surface area contributed by atoms with Gasteiger partial charge in [-0.3, -0.25) is 23.5 Å². The summed E-state index contributed by atoms with van der Waals surface area (Å²) in [6, 6.07) is 6.60. The summed E-state index contributed by atoms with van der Waals surface area (Å²) in [6.45, 7) is 1.41. The third kappa shape index (κ3) is 3.50. The number of Topliss-reactive ketones (excluding diaryl/α,β-unsaturated/α-hetero) is 1. The third-order valence-electron chi connectivity index (χ3n) is 4.29. The number of carbonyl (C=O) groups is 2. The van der Waals surface area contributed by atoms with E-state index < -0.39 is 11.2 Å². The van der Waals surface area contributed by atoms with Crippen molar-refractivity contribution >= 4 is 40.3 Å². The number of rotatable bonds is 5. The van der Waals surface area contributed by atoms with Gasteiger partial charge in [-0.1, -0.05) is 11.8 Å². The molecule has 2 aromatic heterocycles. The highest BCUT2D eigenvalue weighted by Crippen LogP contribution is 2.21. The number of benzene rings is 1. The molecule has 28 heavy (non-hydrogen) atoms. The molecule has 0 saturated heterocycles. The maximum absolute atomic E-state index is 12.5. The molecule has 0 aliphatic heterocycles. The SMILES string of the molecule is CC(=O)Nc1ccc(C(=O)CSc2nc3c(c(=O)n(C)c(=O)n3C)n2C)cc1. The molecule has 0 fully saturated rings. The number of nitrogens with one attached hydrogen (secondary N) is 1. The van der Waals surface area contributed by atoms with E-state index in [1.54, 1.807) is 42.9 Å². The summed E-state index contributed by atoms with van der Waals surface area (Å²) in [5, 5.41) is 3.11. The van der Waals surface area contributed by atoms with Crippen molar-refractivity contribution in [1.29, 1.82) is 0 Å². The Hall–Kier alpha value is -3.14. The fourth-order valence-corrected chi connectivity index (χ4v) is 3.65. The molecule has 0 aliphatic rings. The van der Waals surface area contributed by atoms with Gasteiger partial charge in [-0.05, 0) is 24.3 Å². The van der Waals surface area contributed by atoms with Crippen LogP contribution in [0.3, 0.4) is 0 Å². The number of aryl methyl sites for hydroxylation is 2. The molecule has 0 unspecified atom stereocenters. The monoisotopic (exact) mass is 401 g/mol. The van der Waals surface area contributed by atoms with E-state index in [2.05, 4.69) is 10.3 Å². The Balaban J connectivity index is 1.83. The normalized spacial score (nSPS) is 11.0. The van der Waals surface area contributed by atoms with Crippen LogP contribution < -0.4 is 16.6 Å². The van der Waals surface area contributed by atoms with Gasteiger partial charge in [0, 0.05) is 39.3 Å². The van der Waals surface area contributed by atoms with Gasteiger partial charge in [0.15, 0.2) is 22.1 Å². The first-order valence-corrected chi connectivity index (χ1v) is 9.35. The third-order valence-corrected chi connectivity index (χ3v) is 5.32. The zero-order valence-corrected chi connectivity index (χ0v) is 16.7. The molecular formula is C18H19N5O4S. The van der Waals surface area contributed by atoms with E-state index in [-0.39, 0.29) is 23.1 Å². The molecule has 2 heterocycles. The second-order valence-electron chi connectivity index (χ2n) is 6.30. The summed E-state index contributed by atoms with van der Waals surface area (Å²) in [4.78, 5) is 52.3. The molecule has 3 aromatic rings. The fraction of sp³-hybridized carbons (Fsp3) is 0.278. The molecule has 3 rings (SSSR count). The predicted octanol–water partition coefficient (Wildman–Crippen LogP) is 0.904. The molecule has 10 heteroatoms. The standard InChI is InChI=1S/C18H19N5O4S/c1-10(24)19-12-7-5-11(6-8-12)13(25)9-28-17-20-15-14(21(17)2)16(26)23(4)18(27)22(15)3/h5-8H,9H2,1-4H3,(H,19,24). The van der Waals surface area contributed by atoms with Crippen molar-refractivity contribution in [1.82, 2.24) is 18.7 Å². The predicted molar refractivity (Wildman–Crippen MR) is 107 cm³/mol. The summed E-state index contributed by atoms with van der Waals surface area (Å²) in [5.41, 5.74) is 0.819. The Labute approximate surface area is 164 Å². The van der Waals surface area contributed by atoms with Crippen LogP contribution in [0.15, 0.2) is 39.0 Å². The second kappa shape index (κ2) is 7.47. The van der Waals surface area contributed by atoms with Crippen molar-refractivity contribution < 1.29 is 9.59 Å². The van der Waals surface area contributed by atoms with Crippen LogP contribution in [-0.4, -0.2) is 36.1 Å². The van der Waals surface area contributed by atoms with E-state index in [1.165, 1.54) is 30.3 Å². The highest BCUT2D eigenvalue weighted by molar-refractivity contribution is 7.99. The van der Waals surface area contributed by atoms with Gasteiger partial charge in [0.05, 0.1) is 5.75 Å². The van der Waals surface area contributed by atoms with Crippen molar-refractivity contribution in [2.75, 3.05) is 11.1 Å². The number of ketones is 1. The summed E-state index contributed by atoms with van der Waals surface area (Å²) < 4.78 is 3.93. The molecule has 0 bridgehead atoms. The Kier molecular flexibility index (Phi) is 5.23. The highest BCUT2D eigenvalue weighted by atomic mass is 32.2. The first-order chi connectivity index (χ1) is 13.2. The first-order valence-electron chi connectivity index (χ1n) is 8.36. The highest BCUT2D eigenvalue weighted by Gasteiger charge is 2.18. The summed E-state index contributed by atoms with van der Waals surface area (Å²) in [5.74, 6) is -0.185. The number of carbonyl (C=O) groups excluding carboxylic acids is 2. The van der Waals surface area contributed by atoms with Crippen LogP contribution >= 0.6 is 11.8 Å². The zero-order chi connectivity index (χ0) is 20.6. The van der Waals surface area contributed by atoms with E-state index >= 15 is 0 Å². The van der Waals surface area contributed by atoms with E-state index in [9.17, 15) is 19.2 Å². The van der Waals surface area contributed by atoms with Crippen LogP contribution in [-0.2, 0) is 25.9 Å². The molecule has 0 radical (unpaired) electrons. The smallest absolute Gasteiger partial charge is 0.326 e. The van der Waals surface area contributed by atoms with Crippen molar-refractivity contribution in [3.63, 3.8) is 0 Å². The molecule has 1 N–H and O–H groups in total. The molecule has 0 spiro atoms. The first kappa shape index (κ1) is 19.6. The van der Waals surface area contributed by atoms with E-state index in [0.717, 1.165) is 4.57 Å². The Morgan fingerprint density at radius 3 is 2.29 bits per heavy atom. The molecule has 0 aliphatic carbocycles. The lowest BCUT2D eigenvalue weighted by Crippen LogP contribution is -2.37. The number of fused-ring (bicyclic) bond motifs is 1.